The molecule has 1 heterocycles. The second kappa shape index (κ2) is 7.74. The molecule has 0 spiro atoms. The van der Waals surface area contributed by atoms with Crippen LogP contribution < -0.4 is 5.32 Å². The van der Waals surface area contributed by atoms with Gasteiger partial charge in [0.15, 0.2) is 0 Å². The van der Waals surface area contributed by atoms with E-state index in [-0.39, 0.29) is 0 Å². The smallest absolute Gasteiger partial charge is 0.131 e. The molecule has 0 radical (unpaired) electrons. The Morgan fingerprint density at radius 3 is 2.56 bits per heavy atom. The van der Waals surface area contributed by atoms with E-state index in [0.717, 1.165) is 18.0 Å². The highest BCUT2D eigenvalue weighted by Gasteiger charge is 2.04. The topological polar surface area (TPSA) is 37.8 Å². The highest BCUT2D eigenvalue weighted by Crippen LogP contribution is 2.13. The first-order chi connectivity index (χ1) is 7.72. The first kappa shape index (κ1) is 13.6. The molecule has 0 aliphatic rings. The minimum absolute atomic E-state index is 0.511. The maximum atomic E-state index is 4.22. The summed E-state index contributed by atoms with van der Waals surface area (Å²) in [6.07, 6.45) is 6.29. The van der Waals surface area contributed by atoms with Gasteiger partial charge >= 0.3 is 0 Å². The van der Waals surface area contributed by atoms with E-state index >= 15 is 0 Å². The van der Waals surface area contributed by atoms with Crippen molar-refractivity contribution in [3.8, 4) is 0 Å². The highest BCUT2D eigenvalue weighted by molar-refractivity contribution is 7.11. The summed E-state index contributed by atoms with van der Waals surface area (Å²) in [6.45, 7) is 7.38. The van der Waals surface area contributed by atoms with E-state index in [1.165, 1.54) is 30.7 Å². The molecule has 0 atom stereocenters. The Labute approximate surface area is 103 Å². The highest BCUT2D eigenvalue weighted by atomic mass is 32.1. The monoisotopic (exact) mass is 241 g/mol. The molecule has 16 heavy (non-hydrogen) atoms. The van der Waals surface area contributed by atoms with Gasteiger partial charge in [-0.3, -0.25) is 0 Å². The summed E-state index contributed by atoms with van der Waals surface area (Å²) in [7, 11) is 0. The van der Waals surface area contributed by atoms with Crippen molar-refractivity contribution in [2.24, 2.45) is 0 Å². The molecule has 1 N–H and O–H groups in total. The zero-order chi connectivity index (χ0) is 11.8. The van der Waals surface area contributed by atoms with Crippen LogP contribution in [0.4, 0.5) is 0 Å². The molecular weight excluding hydrogens is 218 g/mol. The molecule has 4 heteroatoms. The Bertz CT molecular complexity index is 284. The lowest BCUT2D eigenvalue weighted by Gasteiger charge is -2.03. The minimum atomic E-state index is 0.511. The van der Waals surface area contributed by atoms with Crippen LogP contribution in [0.1, 0.15) is 56.5 Å². The van der Waals surface area contributed by atoms with Gasteiger partial charge in [0, 0.05) is 19.0 Å². The summed E-state index contributed by atoms with van der Waals surface area (Å²) in [5.41, 5.74) is 0. The molecule has 92 valence electrons. The van der Waals surface area contributed by atoms with Crippen molar-refractivity contribution in [2.45, 2.75) is 65.5 Å². The zero-order valence-electron chi connectivity index (χ0n) is 10.6. The molecule has 0 saturated heterocycles. The van der Waals surface area contributed by atoms with E-state index < -0.39 is 0 Å². The summed E-state index contributed by atoms with van der Waals surface area (Å²) in [5.74, 6) is 0. The van der Waals surface area contributed by atoms with E-state index in [9.17, 15) is 0 Å². The van der Waals surface area contributed by atoms with Crippen LogP contribution in [0.15, 0.2) is 0 Å². The average Bonchev–Trinajstić information content (AvgIpc) is 2.70. The second-order valence-corrected chi connectivity index (χ2v) is 5.58. The van der Waals surface area contributed by atoms with Crippen molar-refractivity contribution in [3.05, 3.63) is 10.0 Å². The van der Waals surface area contributed by atoms with E-state index in [1.54, 1.807) is 11.3 Å². The predicted molar refractivity (Wildman–Crippen MR) is 69.7 cm³/mol. The van der Waals surface area contributed by atoms with Gasteiger partial charge in [0.25, 0.3) is 0 Å². The van der Waals surface area contributed by atoms with Crippen LogP contribution in [0.2, 0.25) is 0 Å². The van der Waals surface area contributed by atoms with Crippen molar-refractivity contribution in [1.82, 2.24) is 15.5 Å². The lowest BCUT2D eigenvalue weighted by atomic mass is 10.2. The Hall–Kier alpha value is -0.480. The average molecular weight is 241 g/mol. The third-order valence-corrected chi connectivity index (χ3v) is 3.40. The van der Waals surface area contributed by atoms with Crippen molar-refractivity contribution in [2.75, 3.05) is 0 Å². The summed E-state index contributed by atoms with van der Waals surface area (Å²) in [5, 5.41) is 14.1. The van der Waals surface area contributed by atoms with E-state index in [0.29, 0.717) is 6.04 Å². The van der Waals surface area contributed by atoms with Crippen LogP contribution in [-0.4, -0.2) is 16.2 Å². The molecule has 3 nitrogen and oxygen atoms in total. The normalized spacial score (nSPS) is 11.2. The van der Waals surface area contributed by atoms with Gasteiger partial charge in [-0.05, 0) is 6.42 Å². The number of nitrogens with zero attached hydrogens (tertiary/aromatic N) is 2. The quantitative estimate of drug-likeness (QED) is 0.710. The standard InChI is InChI=1S/C12H23N3S/c1-4-5-6-7-8-11-14-15-12(16-11)9-13-10(2)3/h10,13H,4-9H2,1-3H3. The van der Waals surface area contributed by atoms with Gasteiger partial charge in [-0.2, -0.15) is 0 Å². The van der Waals surface area contributed by atoms with Crippen LogP contribution >= 0.6 is 11.3 Å². The molecule has 0 unspecified atom stereocenters. The number of unbranched alkanes of at least 4 members (excludes halogenated alkanes) is 3. The van der Waals surface area contributed by atoms with Gasteiger partial charge in [0.05, 0.1) is 0 Å². The van der Waals surface area contributed by atoms with E-state index in [1.807, 2.05) is 0 Å². The summed E-state index contributed by atoms with van der Waals surface area (Å²) < 4.78 is 0. The molecule has 0 fully saturated rings. The SMILES string of the molecule is CCCCCCc1nnc(CNC(C)C)s1. The predicted octanol–water partition coefficient (Wildman–Crippen LogP) is 3.16. The summed E-state index contributed by atoms with van der Waals surface area (Å²) in [4.78, 5) is 0. The lowest BCUT2D eigenvalue weighted by Crippen LogP contribution is -2.21. The molecule has 0 bridgehead atoms. The van der Waals surface area contributed by atoms with Gasteiger partial charge in [-0.15, -0.1) is 21.5 Å². The Morgan fingerprint density at radius 1 is 1.12 bits per heavy atom. The fraction of sp³-hybridized carbons (Fsp3) is 0.833. The number of hydrogen-bond donors (Lipinski definition) is 1. The summed E-state index contributed by atoms with van der Waals surface area (Å²) in [6, 6.07) is 0.511. The summed E-state index contributed by atoms with van der Waals surface area (Å²) >= 11 is 1.75. The molecule has 0 aromatic carbocycles. The first-order valence-corrected chi connectivity index (χ1v) is 7.08. The molecule has 1 aromatic heterocycles. The van der Waals surface area contributed by atoms with Crippen molar-refractivity contribution in [1.29, 1.82) is 0 Å². The number of nitrogens with one attached hydrogen (secondary N) is 1. The van der Waals surface area contributed by atoms with Crippen LogP contribution in [0, 0.1) is 0 Å². The molecule has 1 rings (SSSR count). The second-order valence-electron chi connectivity index (χ2n) is 4.44. The minimum Gasteiger partial charge on any atom is -0.308 e. The molecule has 0 saturated carbocycles. The maximum absolute atomic E-state index is 4.22. The fourth-order valence-electron chi connectivity index (χ4n) is 1.46. The molecule has 1 aromatic rings. The van der Waals surface area contributed by atoms with Crippen LogP contribution in [0.3, 0.4) is 0 Å². The molecular formula is C12H23N3S. The first-order valence-electron chi connectivity index (χ1n) is 6.27. The molecule has 0 aliphatic carbocycles. The lowest BCUT2D eigenvalue weighted by molar-refractivity contribution is 0.584. The molecule has 0 aliphatic heterocycles. The van der Waals surface area contributed by atoms with Crippen molar-refractivity contribution < 1.29 is 0 Å². The van der Waals surface area contributed by atoms with Gasteiger partial charge in [0.2, 0.25) is 0 Å². The Balaban J connectivity index is 2.22. The maximum Gasteiger partial charge on any atom is 0.131 e. The van der Waals surface area contributed by atoms with Gasteiger partial charge in [-0.1, -0.05) is 40.0 Å². The van der Waals surface area contributed by atoms with E-state index in [2.05, 4.69) is 36.3 Å². The Morgan fingerprint density at radius 2 is 1.88 bits per heavy atom. The van der Waals surface area contributed by atoms with Crippen molar-refractivity contribution >= 4 is 11.3 Å². The fourth-order valence-corrected chi connectivity index (χ4v) is 2.29. The number of aryl methyl sites for hydroxylation is 1. The van der Waals surface area contributed by atoms with Gasteiger partial charge < -0.3 is 5.32 Å². The van der Waals surface area contributed by atoms with Crippen LogP contribution in [-0.2, 0) is 13.0 Å². The third kappa shape index (κ3) is 5.56. The van der Waals surface area contributed by atoms with Crippen LogP contribution in [0.25, 0.3) is 0 Å². The number of hydrogen-bond acceptors (Lipinski definition) is 4. The molecule has 0 amide bonds. The zero-order valence-corrected chi connectivity index (χ0v) is 11.4. The van der Waals surface area contributed by atoms with Crippen LogP contribution in [0.5, 0.6) is 0 Å². The largest absolute Gasteiger partial charge is 0.308 e. The van der Waals surface area contributed by atoms with Gasteiger partial charge in [-0.25, -0.2) is 0 Å². The number of rotatable bonds is 8. The number of aromatic nitrogens is 2. The Kier molecular flexibility index (Phi) is 6.57. The van der Waals surface area contributed by atoms with Crippen molar-refractivity contribution in [3.63, 3.8) is 0 Å². The van der Waals surface area contributed by atoms with E-state index in [4.69, 9.17) is 0 Å². The van der Waals surface area contributed by atoms with Gasteiger partial charge in [0.1, 0.15) is 10.0 Å². The third-order valence-electron chi connectivity index (χ3n) is 2.41.